The summed E-state index contributed by atoms with van der Waals surface area (Å²) in [4.78, 5) is 13.4. The summed E-state index contributed by atoms with van der Waals surface area (Å²) in [6.45, 7) is 8.56. The molecule has 1 rings (SSSR count). The fourth-order valence-corrected chi connectivity index (χ4v) is 2.13. The zero-order valence-electron chi connectivity index (χ0n) is 9.45. The Morgan fingerprint density at radius 3 is 2.93 bits per heavy atom. The molecule has 1 saturated heterocycles. The Bertz CT molecular complexity index is 194. The lowest BCUT2D eigenvalue weighted by Gasteiger charge is -2.39. The standard InChI is InChI=1S/C11H21NO2/c1-4-11-8-14-6-5-12(11)9(2)7-10(3)13/h9,11H,4-8H2,1-3H3. The largest absolute Gasteiger partial charge is 0.378 e. The number of hydrogen-bond donors (Lipinski definition) is 0. The fourth-order valence-electron chi connectivity index (χ4n) is 2.13. The molecule has 0 aromatic carbocycles. The van der Waals surface area contributed by atoms with Crippen LogP contribution >= 0.6 is 0 Å². The normalized spacial score (nSPS) is 26.1. The van der Waals surface area contributed by atoms with E-state index in [1.807, 2.05) is 0 Å². The van der Waals surface area contributed by atoms with E-state index in [-0.39, 0.29) is 5.78 Å². The van der Waals surface area contributed by atoms with Crippen molar-refractivity contribution in [3.63, 3.8) is 0 Å². The van der Waals surface area contributed by atoms with Gasteiger partial charge in [-0.1, -0.05) is 6.92 Å². The van der Waals surface area contributed by atoms with Crippen molar-refractivity contribution in [2.75, 3.05) is 19.8 Å². The number of ketones is 1. The highest BCUT2D eigenvalue weighted by molar-refractivity contribution is 5.76. The van der Waals surface area contributed by atoms with Gasteiger partial charge in [-0.2, -0.15) is 0 Å². The van der Waals surface area contributed by atoms with Crippen LogP contribution in [0, 0.1) is 0 Å². The predicted molar refractivity (Wildman–Crippen MR) is 56.4 cm³/mol. The van der Waals surface area contributed by atoms with Crippen LogP contribution in [0.2, 0.25) is 0 Å². The molecule has 0 radical (unpaired) electrons. The molecule has 3 heteroatoms. The lowest BCUT2D eigenvalue weighted by molar-refractivity contribution is -0.119. The zero-order valence-corrected chi connectivity index (χ0v) is 9.45. The maximum Gasteiger partial charge on any atom is 0.131 e. The van der Waals surface area contributed by atoms with Gasteiger partial charge in [0.1, 0.15) is 5.78 Å². The number of ether oxygens (including phenoxy) is 1. The molecular formula is C11H21NO2. The van der Waals surface area contributed by atoms with Gasteiger partial charge in [0, 0.05) is 25.0 Å². The summed E-state index contributed by atoms with van der Waals surface area (Å²) in [5.74, 6) is 0.277. The molecule has 0 aliphatic carbocycles. The van der Waals surface area contributed by atoms with E-state index in [9.17, 15) is 4.79 Å². The maximum absolute atomic E-state index is 11.0. The van der Waals surface area contributed by atoms with Gasteiger partial charge in [-0.25, -0.2) is 0 Å². The number of carbonyl (C=O) groups excluding carboxylic acids is 1. The van der Waals surface area contributed by atoms with E-state index in [1.54, 1.807) is 6.92 Å². The third kappa shape index (κ3) is 3.07. The highest BCUT2D eigenvalue weighted by Crippen LogP contribution is 2.15. The Morgan fingerprint density at radius 2 is 2.36 bits per heavy atom. The molecule has 2 atom stereocenters. The Labute approximate surface area is 86.4 Å². The molecule has 0 N–H and O–H groups in total. The van der Waals surface area contributed by atoms with E-state index in [0.717, 1.165) is 26.2 Å². The van der Waals surface area contributed by atoms with Gasteiger partial charge in [0.2, 0.25) is 0 Å². The van der Waals surface area contributed by atoms with Crippen LogP contribution in [0.4, 0.5) is 0 Å². The first kappa shape index (κ1) is 11.7. The van der Waals surface area contributed by atoms with E-state index < -0.39 is 0 Å². The number of hydrogen-bond acceptors (Lipinski definition) is 3. The SMILES string of the molecule is CCC1COCCN1C(C)CC(C)=O. The molecule has 0 amide bonds. The second-order valence-electron chi connectivity index (χ2n) is 4.13. The first-order valence-corrected chi connectivity index (χ1v) is 5.48. The smallest absolute Gasteiger partial charge is 0.131 e. The molecule has 0 aromatic rings. The molecule has 0 bridgehead atoms. The van der Waals surface area contributed by atoms with Crippen molar-refractivity contribution in [3.8, 4) is 0 Å². The maximum atomic E-state index is 11.0. The second kappa shape index (κ2) is 5.47. The van der Waals surface area contributed by atoms with Gasteiger partial charge in [-0.3, -0.25) is 9.69 Å². The summed E-state index contributed by atoms with van der Waals surface area (Å²) in [5.41, 5.74) is 0. The van der Waals surface area contributed by atoms with Crippen LogP contribution in [0.5, 0.6) is 0 Å². The van der Waals surface area contributed by atoms with Crippen LogP contribution in [-0.2, 0) is 9.53 Å². The van der Waals surface area contributed by atoms with Crippen molar-refractivity contribution >= 4 is 5.78 Å². The van der Waals surface area contributed by atoms with E-state index in [2.05, 4.69) is 18.7 Å². The average Bonchev–Trinajstić information content (AvgIpc) is 2.16. The van der Waals surface area contributed by atoms with E-state index in [1.165, 1.54) is 0 Å². The lowest BCUT2D eigenvalue weighted by Crippen LogP contribution is -2.49. The van der Waals surface area contributed by atoms with Crippen LogP contribution in [0.15, 0.2) is 0 Å². The highest BCUT2D eigenvalue weighted by Gasteiger charge is 2.25. The third-order valence-electron chi connectivity index (χ3n) is 2.89. The fraction of sp³-hybridized carbons (Fsp3) is 0.909. The second-order valence-corrected chi connectivity index (χ2v) is 4.13. The summed E-state index contributed by atoms with van der Waals surface area (Å²) >= 11 is 0. The van der Waals surface area contributed by atoms with Crippen LogP contribution in [0.3, 0.4) is 0 Å². The van der Waals surface area contributed by atoms with Crippen molar-refractivity contribution in [1.29, 1.82) is 0 Å². The number of Topliss-reactive ketones (excluding diaryl/α,β-unsaturated/α-hetero) is 1. The Balaban J connectivity index is 2.49. The summed E-state index contributed by atoms with van der Waals surface area (Å²) in [6.07, 6.45) is 1.76. The van der Waals surface area contributed by atoms with Crippen molar-refractivity contribution in [1.82, 2.24) is 4.90 Å². The summed E-state index contributed by atoms with van der Waals surface area (Å²) in [7, 11) is 0. The molecule has 1 aliphatic rings. The van der Waals surface area contributed by atoms with Gasteiger partial charge >= 0.3 is 0 Å². The molecule has 82 valence electrons. The van der Waals surface area contributed by atoms with Gasteiger partial charge in [0.05, 0.1) is 13.2 Å². The molecule has 0 saturated carbocycles. The quantitative estimate of drug-likeness (QED) is 0.686. The molecule has 14 heavy (non-hydrogen) atoms. The van der Waals surface area contributed by atoms with E-state index >= 15 is 0 Å². The summed E-state index contributed by atoms with van der Waals surface area (Å²) in [6, 6.07) is 0.861. The summed E-state index contributed by atoms with van der Waals surface area (Å²) in [5, 5.41) is 0. The van der Waals surface area contributed by atoms with E-state index in [4.69, 9.17) is 4.74 Å². The van der Waals surface area contributed by atoms with E-state index in [0.29, 0.717) is 18.5 Å². The van der Waals surface area contributed by atoms with Gasteiger partial charge in [0.15, 0.2) is 0 Å². The summed E-state index contributed by atoms with van der Waals surface area (Å²) < 4.78 is 5.43. The molecule has 1 aliphatic heterocycles. The van der Waals surface area contributed by atoms with Crippen molar-refractivity contribution < 1.29 is 9.53 Å². The molecular weight excluding hydrogens is 178 g/mol. The van der Waals surface area contributed by atoms with Gasteiger partial charge in [0.25, 0.3) is 0 Å². The molecule has 3 nitrogen and oxygen atoms in total. The minimum Gasteiger partial charge on any atom is -0.378 e. The minimum absolute atomic E-state index is 0.277. The predicted octanol–water partition coefficient (Wildman–Crippen LogP) is 1.46. The minimum atomic E-state index is 0.277. The number of carbonyl (C=O) groups is 1. The monoisotopic (exact) mass is 199 g/mol. The number of rotatable bonds is 4. The Hall–Kier alpha value is -0.410. The molecule has 1 fully saturated rings. The first-order chi connectivity index (χ1) is 6.65. The van der Waals surface area contributed by atoms with Crippen molar-refractivity contribution in [2.24, 2.45) is 0 Å². The molecule has 1 heterocycles. The molecule has 0 aromatic heterocycles. The van der Waals surface area contributed by atoms with Crippen LogP contribution in [0.1, 0.15) is 33.6 Å². The van der Waals surface area contributed by atoms with Crippen molar-refractivity contribution in [3.05, 3.63) is 0 Å². The Kier molecular flexibility index (Phi) is 4.55. The molecule has 2 unspecified atom stereocenters. The van der Waals surface area contributed by atoms with Crippen LogP contribution in [-0.4, -0.2) is 42.5 Å². The average molecular weight is 199 g/mol. The van der Waals surface area contributed by atoms with Gasteiger partial charge < -0.3 is 4.74 Å². The van der Waals surface area contributed by atoms with Crippen LogP contribution < -0.4 is 0 Å². The number of nitrogens with zero attached hydrogens (tertiary/aromatic N) is 1. The lowest BCUT2D eigenvalue weighted by atomic mass is 10.1. The van der Waals surface area contributed by atoms with Gasteiger partial charge in [-0.05, 0) is 20.3 Å². The van der Waals surface area contributed by atoms with Gasteiger partial charge in [-0.15, -0.1) is 0 Å². The topological polar surface area (TPSA) is 29.5 Å². The zero-order chi connectivity index (χ0) is 10.6. The first-order valence-electron chi connectivity index (χ1n) is 5.48. The number of morpholine rings is 1. The Morgan fingerprint density at radius 1 is 1.64 bits per heavy atom. The molecule has 0 spiro atoms. The van der Waals surface area contributed by atoms with Crippen LogP contribution in [0.25, 0.3) is 0 Å². The third-order valence-corrected chi connectivity index (χ3v) is 2.89. The highest BCUT2D eigenvalue weighted by atomic mass is 16.5. The van der Waals surface area contributed by atoms with Crippen molar-refractivity contribution in [2.45, 2.75) is 45.7 Å².